The molecule has 36 heavy (non-hydrogen) atoms. The number of fused-ring (bicyclic) bond motifs is 2. The second-order valence-electron chi connectivity index (χ2n) is 10.9. The molecule has 2 atom stereocenters. The lowest BCUT2D eigenvalue weighted by molar-refractivity contribution is 0.0601. The Morgan fingerprint density at radius 1 is 1.00 bits per heavy atom. The van der Waals surface area contributed by atoms with Crippen molar-refractivity contribution in [3.05, 3.63) is 76.9 Å². The van der Waals surface area contributed by atoms with Gasteiger partial charge in [-0.3, -0.25) is 0 Å². The molecule has 0 amide bonds. The highest BCUT2D eigenvalue weighted by Crippen LogP contribution is 2.51. The molecule has 0 saturated heterocycles. The van der Waals surface area contributed by atoms with Crippen molar-refractivity contribution in [2.24, 2.45) is 17.8 Å². The Morgan fingerprint density at radius 2 is 1.67 bits per heavy atom. The molecule has 2 unspecified atom stereocenters. The Balaban J connectivity index is 1.27. The largest absolute Gasteiger partial charge is 0.465 e. The van der Waals surface area contributed by atoms with Crippen LogP contribution in [0, 0.1) is 17.8 Å². The number of ether oxygens (including phenoxy) is 1. The van der Waals surface area contributed by atoms with Crippen LogP contribution < -0.4 is 10.6 Å². The molecule has 2 aliphatic carbocycles. The van der Waals surface area contributed by atoms with Crippen LogP contribution in [0.3, 0.4) is 0 Å². The molecule has 3 aromatic rings. The molecule has 2 aromatic carbocycles. The van der Waals surface area contributed by atoms with E-state index in [0.717, 1.165) is 39.8 Å². The molecule has 0 radical (unpaired) electrons. The minimum atomic E-state index is -0.429. The van der Waals surface area contributed by atoms with Crippen molar-refractivity contribution in [1.29, 1.82) is 0 Å². The van der Waals surface area contributed by atoms with Gasteiger partial charge in [-0.2, -0.15) is 0 Å². The number of hydrogen-bond acceptors (Lipinski definition) is 5. The predicted molar refractivity (Wildman–Crippen MR) is 147 cm³/mol. The smallest absolute Gasteiger partial charge is 0.341 e. The van der Waals surface area contributed by atoms with E-state index in [4.69, 9.17) is 16.3 Å². The van der Waals surface area contributed by atoms with Gasteiger partial charge in [0.15, 0.2) is 0 Å². The second kappa shape index (κ2) is 10.1. The molecule has 2 aliphatic rings. The van der Waals surface area contributed by atoms with E-state index in [1.807, 2.05) is 24.3 Å². The summed E-state index contributed by atoms with van der Waals surface area (Å²) < 4.78 is 4.85. The molecule has 188 valence electrons. The van der Waals surface area contributed by atoms with Crippen molar-refractivity contribution < 1.29 is 9.53 Å². The number of nitrogens with one attached hydrogen (secondary N) is 2. The van der Waals surface area contributed by atoms with Gasteiger partial charge in [0.05, 0.1) is 17.8 Å². The maximum atomic E-state index is 12.0. The van der Waals surface area contributed by atoms with Crippen LogP contribution in [0.2, 0.25) is 5.02 Å². The standard InChI is InChI=1S/C30H34ClN3O2/c1-19-13-20-15-21(14-19)18-30(2,17-20)22-6-11-27(26(31)16-22)33-23-7-9-24(10-8-23)34-28-25(29(35)36-3)5-4-12-32-28/h4-12,16,19-21,33H,13-15,17-18H2,1-3H3,(H,32,34). The maximum absolute atomic E-state index is 12.0. The Labute approximate surface area is 218 Å². The lowest BCUT2D eigenvalue weighted by Gasteiger charge is -2.47. The molecule has 2 saturated carbocycles. The molecule has 1 heterocycles. The van der Waals surface area contributed by atoms with Gasteiger partial charge in [0, 0.05) is 17.6 Å². The first-order chi connectivity index (χ1) is 17.3. The van der Waals surface area contributed by atoms with Crippen molar-refractivity contribution in [2.75, 3.05) is 17.7 Å². The van der Waals surface area contributed by atoms with Gasteiger partial charge in [-0.15, -0.1) is 0 Å². The fourth-order valence-electron chi connectivity index (χ4n) is 6.53. The quantitative estimate of drug-likeness (QED) is 0.332. The fraction of sp³-hybridized carbons (Fsp3) is 0.400. The predicted octanol–water partition coefficient (Wildman–Crippen LogP) is 8.11. The molecule has 1 aromatic heterocycles. The van der Waals surface area contributed by atoms with Crippen LogP contribution in [0.1, 0.15) is 61.9 Å². The molecular weight excluding hydrogens is 470 g/mol. The summed E-state index contributed by atoms with van der Waals surface area (Å²) in [7, 11) is 1.36. The van der Waals surface area contributed by atoms with E-state index in [-0.39, 0.29) is 5.41 Å². The molecule has 6 heteroatoms. The zero-order chi connectivity index (χ0) is 25.3. The number of hydrogen-bond donors (Lipinski definition) is 2. The van der Waals surface area contributed by atoms with E-state index in [0.29, 0.717) is 11.4 Å². The van der Waals surface area contributed by atoms with Crippen molar-refractivity contribution in [2.45, 2.75) is 51.4 Å². The lowest BCUT2D eigenvalue weighted by Crippen LogP contribution is -2.38. The Morgan fingerprint density at radius 3 is 2.31 bits per heavy atom. The van der Waals surface area contributed by atoms with Gasteiger partial charge < -0.3 is 15.4 Å². The van der Waals surface area contributed by atoms with Gasteiger partial charge in [0.25, 0.3) is 0 Å². The van der Waals surface area contributed by atoms with E-state index in [2.05, 4.69) is 47.7 Å². The molecule has 2 N–H and O–H groups in total. The zero-order valence-corrected chi connectivity index (χ0v) is 21.9. The van der Waals surface area contributed by atoms with E-state index in [1.165, 1.54) is 44.8 Å². The first-order valence-corrected chi connectivity index (χ1v) is 13.2. The van der Waals surface area contributed by atoms with Crippen LogP contribution in [0.15, 0.2) is 60.8 Å². The number of nitrogens with zero attached hydrogens (tertiary/aromatic N) is 1. The van der Waals surface area contributed by atoms with Crippen LogP contribution in [0.5, 0.6) is 0 Å². The van der Waals surface area contributed by atoms with Gasteiger partial charge in [0.1, 0.15) is 11.4 Å². The minimum Gasteiger partial charge on any atom is -0.465 e. The highest BCUT2D eigenvalue weighted by molar-refractivity contribution is 6.33. The second-order valence-corrected chi connectivity index (χ2v) is 11.3. The number of rotatable bonds is 6. The number of methoxy groups -OCH3 is 1. The van der Waals surface area contributed by atoms with Crippen LogP contribution in [0.4, 0.5) is 22.9 Å². The normalized spacial score (nSPS) is 25.2. The van der Waals surface area contributed by atoms with Gasteiger partial charge in [0.2, 0.25) is 0 Å². The summed E-state index contributed by atoms with van der Waals surface area (Å²) >= 11 is 6.78. The third-order valence-corrected chi connectivity index (χ3v) is 8.23. The van der Waals surface area contributed by atoms with E-state index in [1.54, 1.807) is 18.3 Å². The summed E-state index contributed by atoms with van der Waals surface area (Å²) in [6.45, 7) is 4.85. The maximum Gasteiger partial charge on any atom is 0.341 e. The van der Waals surface area contributed by atoms with Gasteiger partial charge >= 0.3 is 5.97 Å². The Bertz CT molecular complexity index is 1230. The first-order valence-electron chi connectivity index (χ1n) is 12.8. The summed E-state index contributed by atoms with van der Waals surface area (Å²) in [6.07, 6.45) is 8.31. The molecule has 2 fully saturated rings. The highest BCUT2D eigenvalue weighted by atomic mass is 35.5. The Kier molecular flexibility index (Phi) is 6.94. The summed E-state index contributed by atoms with van der Waals surface area (Å²) in [5.74, 6) is 2.58. The number of carbonyl (C=O) groups is 1. The van der Waals surface area contributed by atoms with Crippen molar-refractivity contribution in [3.8, 4) is 0 Å². The number of carbonyl (C=O) groups excluding carboxylic acids is 1. The van der Waals surface area contributed by atoms with Gasteiger partial charge in [-0.25, -0.2) is 9.78 Å². The SMILES string of the molecule is COC(=O)c1cccnc1Nc1ccc(Nc2ccc(C3(C)CC4CC(C)CC(C4)C3)cc2Cl)cc1. The van der Waals surface area contributed by atoms with Crippen molar-refractivity contribution in [3.63, 3.8) is 0 Å². The number of pyridine rings is 1. The summed E-state index contributed by atoms with van der Waals surface area (Å²) in [5.41, 5.74) is 4.59. The molecule has 0 aliphatic heterocycles. The lowest BCUT2D eigenvalue weighted by atomic mass is 9.57. The molecule has 0 spiro atoms. The number of benzene rings is 2. The first kappa shape index (κ1) is 24.6. The minimum absolute atomic E-state index is 0.206. The fourth-order valence-corrected chi connectivity index (χ4v) is 6.75. The summed E-state index contributed by atoms with van der Waals surface area (Å²) in [5, 5.41) is 7.38. The van der Waals surface area contributed by atoms with Crippen molar-refractivity contribution in [1.82, 2.24) is 4.98 Å². The summed E-state index contributed by atoms with van der Waals surface area (Å²) in [4.78, 5) is 16.3. The zero-order valence-electron chi connectivity index (χ0n) is 21.2. The number of anilines is 4. The monoisotopic (exact) mass is 503 g/mol. The third kappa shape index (κ3) is 5.22. The molecule has 5 nitrogen and oxygen atoms in total. The Hall–Kier alpha value is -3.05. The number of esters is 1. The van der Waals surface area contributed by atoms with Crippen LogP contribution >= 0.6 is 11.6 Å². The van der Waals surface area contributed by atoms with Crippen LogP contribution in [-0.2, 0) is 10.2 Å². The average molecular weight is 504 g/mol. The number of aromatic nitrogens is 1. The van der Waals surface area contributed by atoms with Crippen LogP contribution in [-0.4, -0.2) is 18.1 Å². The molecule has 2 bridgehead atoms. The van der Waals surface area contributed by atoms with Gasteiger partial charge in [-0.1, -0.05) is 31.5 Å². The molecular formula is C30H34ClN3O2. The van der Waals surface area contributed by atoms with Crippen molar-refractivity contribution >= 4 is 40.5 Å². The van der Waals surface area contributed by atoms with E-state index < -0.39 is 5.97 Å². The van der Waals surface area contributed by atoms with Crippen LogP contribution in [0.25, 0.3) is 0 Å². The third-order valence-electron chi connectivity index (χ3n) is 7.92. The highest BCUT2D eigenvalue weighted by Gasteiger charge is 2.41. The number of halogens is 1. The van der Waals surface area contributed by atoms with E-state index in [9.17, 15) is 4.79 Å². The summed E-state index contributed by atoms with van der Waals surface area (Å²) in [6, 6.07) is 17.7. The van der Waals surface area contributed by atoms with E-state index >= 15 is 0 Å². The topological polar surface area (TPSA) is 63.2 Å². The average Bonchev–Trinajstić information content (AvgIpc) is 2.85. The molecule has 5 rings (SSSR count). The van der Waals surface area contributed by atoms with Gasteiger partial charge in [-0.05, 0) is 109 Å².